The highest BCUT2D eigenvalue weighted by Crippen LogP contribution is 2.44. The standard InChI is InChI=1S/C19H15ClFNO3/c20-14-6-3-7-15(21)16(14)17(23)22-10-8-19(9-11-22)13-5-2-1-4-12(13)18(24)25-19/h1-7H,8-11H2. The van der Waals surface area contributed by atoms with E-state index in [0.717, 1.165) is 5.56 Å². The van der Waals surface area contributed by atoms with E-state index in [2.05, 4.69) is 0 Å². The van der Waals surface area contributed by atoms with Gasteiger partial charge in [-0.05, 0) is 18.2 Å². The summed E-state index contributed by atoms with van der Waals surface area (Å²) < 4.78 is 19.7. The molecule has 4 nitrogen and oxygen atoms in total. The molecule has 128 valence electrons. The van der Waals surface area contributed by atoms with Crippen molar-refractivity contribution in [1.29, 1.82) is 0 Å². The number of ether oxygens (including phenoxy) is 1. The Labute approximate surface area is 149 Å². The van der Waals surface area contributed by atoms with Gasteiger partial charge in [0, 0.05) is 31.5 Å². The van der Waals surface area contributed by atoms with Crippen LogP contribution in [0.25, 0.3) is 0 Å². The van der Waals surface area contributed by atoms with Crippen molar-refractivity contribution in [2.24, 2.45) is 0 Å². The first-order valence-electron chi connectivity index (χ1n) is 8.08. The van der Waals surface area contributed by atoms with Gasteiger partial charge < -0.3 is 9.64 Å². The van der Waals surface area contributed by atoms with E-state index in [1.165, 1.54) is 18.2 Å². The molecule has 1 fully saturated rings. The van der Waals surface area contributed by atoms with Gasteiger partial charge in [0.15, 0.2) is 0 Å². The summed E-state index contributed by atoms with van der Waals surface area (Å²) in [6, 6.07) is 11.5. The number of rotatable bonds is 1. The lowest BCUT2D eigenvalue weighted by molar-refractivity contribution is -0.0390. The van der Waals surface area contributed by atoms with Gasteiger partial charge in [-0.15, -0.1) is 0 Å². The van der Waals surface area contributed by atoms with Crippen LogP contribution < -0.4 is 0 Å². The van der Waals surface area contributed by atoms with Crippen LogP contribution in [0.3, 0.4) is 0 Å². The average Bonchev–Trinajstić information content (AvgIpc) is 2.88. The predicted octanol–water partition coefficient (Wildman–Crippen LogP) is 3.78. The van der Waals surface area contributed by atoms with Crippen LogP contribution in [0, 0.1) is 5.82 Å². The Balaban J connectivity index is 1.57. The first kappa shape index (κ1) is 16.1. The number of likely N-dealkylation sites (tertiary alicyclic amines) is 1. The minimum Gasteiger partial charge on any atom is -0.450 e. The van der Waals surface area contributed by atoms with E-state index in [4.69, 9.17) is 16.3 Å². The molecule has 0 bridgehead atoms. The van der Waals surface area contributed by atoms with Gasteiger partial charge in [0.2, 0.25) is 0 Å². The Morgan fingerprint density at radius 1 is 1.12 bits per heavy atom. The molecule has 2 aromatic carbocycles. The molecule has 0 unspecified atom stereocenters. The van der Waals surface area contributed by atoms with Crippen molar-refractivity contribution in [3.05, 3.63) is 70.0 Å². The Morgan fingerprint density at radius 2 is 1.84 bits per heavy atom. The number of hydrogen-bond acceptors (Lipinski definition) is 3. The van der Waals surface area contributed by atoms with Crippen molar-refractivity contribution in [1.82, 2.24) is 4.90 Å². The summed E-state index contributed by atoms with van der Waals surface area (Å²) in [6.07, 6.45) is 0.959. The van der Waals surface area contributed by atoms with Crippen molar-refractivity contribution in [3.63, 3.8) is 0 Å². The Morgan fingerprint density at radius 3 is 2.56 bits per heavy atom. The molecule has 0 saturated carbocycles. The number of esters is 1. The van der Waals surface area contributed by atoms with Gasteiger partial charge in [0.05, 0.1) is 16.1 Å². The maximum absolute atomic E-state index is 14.0. The highest BCUT2D eigenvalue weighted by atomic mass is 35.5. The molecule has 0 radical (unpaired) electrons. The van der Waals surface area contributed by atoms with Crippen LogP contribution in [-0.2, 0) is 10.3 Å². The van der Waals surface area contributed by atoms with Crippen LogP contribution in [0.4, 0.5) is 4.39 Å². The number of nitrogens with zero attached hydrogens (tertiary/aromatic N) is 1. The van der Waals surface area contributed by atoms with Crippen LogP contribution in [0.1, 0.15) is 39.1 Å². The third kappa shape index (κ3) is 2.50. The SMILES string of the molecule is O=C1OC2(CCN(C(=O)c3c(F)cccc3Cl)CC2)c2ccccc21. The fourth-order valence-corrected chi connectivity index (χ4v) is 3.89. The molecular weight excluding hydrogens is 345 g/mol. The van der Waals surface area contributed by atoms with E-state index in [0.29, 0.717) is 31.5 Å². The van der Waals surface area contributed by atoms with E-state index in [-0.39, 0.29) is 16.6 Å². The third-order valence-electron chi connectivity index (χ3n) is 4.96. The highest BCUT2D eigenvalue weighted by molar-refractivity contribution is 6.33. The molecule has 25 heavy (non-hydrogen) atoms. The largest absolute Gasteiger partial charge is 0.450 e. The van der Waals surface area contributed by atoms with Gasteiger partial charge in [0.25, 0.3) is 5.91 Å². The van der Waals surface area contributed by atoms with Crippen LogP contribution in [-0.4, -0.2) is 29.9 Å². The van der Waals surface area contributed by atoms with Crippen molar-refractivity contribution < 1.29 is 18.7 Å². The van der Waals surface area contributed by atoms with Gasteiger partial charge >= 0.3 is 5.97 Å². The fourth-order valence-electron chi connectivity index (χ4n) is 3.65. The topological polar surface area (TPSA) is 46.6 Å². The molecule has 0 aromatic heterocycles. The second kappa shape index (κ2) is 5.85. The summed E-state index contributed by atoms with van der Waals surface area (Å²) in [4.78, 5) is 26.3. The van der Waals surface area contributed by atoms with E-state index in [9.17, 15) is 14.0 Å². The molecule has 2 aliphatic heterocycles. The molecule has 6 heteroatoms. The normalized spacial score (nSPS) is 18.2. The van der Waals surface area contributed by atoms with E-state index in [1.807, 2.05) is 12.1 Å². The zero-order valence-corrected chi connectivity index (χ0v) is 14.1. The smallest absolute Gasteiger partial charge is 0.339 e. The van der Waals surface area contributed by atoms with Gasteiger partial charge in [-0.1, -0.05) is 35.9 Å². The molecule has 4 rings (SSSR count). The molecule has 2 aromatic rings. The quantitative estimate of drug-likeness (QED) is 0.728. The Bertz CT molecular complexity index is 854. The molecule has 0 atom stereocenters. The van der Waals surface area contributed by atoms with Crippen LogP contribution in [0.2, 0.25) is 5.02 Å². The summed E-state index contributed by atoms with van der Waals surface area (Å²) >= 11 is 5.99. The monoisotopic (exact) mass is 359 g/mol. The number of piperidine rings is 1. The van der Waals surface area contributed by atoms with E-state index >= 15 is 0 Å². The van der Waals surface area contributed by atoms with E-state index < -0.39 is 17.3 Å². The van der Waals surface area contributed by atoms with E-state index in [1.54, 1.807) is 17.0 Å². The van der Waals surface area contributed by atoms with Crippen LogP contribution >= 0.6 is 11.6 Å². The maximum Gasteiger partial charge on any atom is 0.339 e. The minimum atomic E-state index is -0.691. The lowest BCUT2D eigenvalue weighted by Crippen LogP contribution is -2.45. The molecule has 2 aliphatic rings. The Hall–Kier alpha value is -2.40. The fraction of sp³-hybridized carbons (Fsp3) is 0.263. The Kier molecular flexibility index (Phi) is 3.76. The van der Waals surface area contributed by atoms with Gasteiger partial charge in [-0.2, -0.15) is 0 Å². The molecule has 0 aliphatic carbocycles. The molecule has 1 spiro atoms. The third-order valence-corrected chi connectivity index (χ3v) is 5.28. The summed E-state index contributed by atoms with van der Waals surface area (Å²) in [6.45, 7) is 0.732. The van der Waals surface area contributed by atoms with Gasteiger partial charge in [-0.25, -0.2) is 9.18 Å². The summed E-state index contributed by atoms with van der Waals surface area (Å²) in [5.74, 6) is -1.39. The summed E-state index contributed by atoms with van der Waals surface area (Å²) in [5, 5.41) is 0.0999. The molecule has 1 amide bonds. The second-order valence-corrected chi connectivity index (χ2v) is 6.73. The number of benzene rings is 2. The first-order chi connectivity index (χ1) is 12.0. The average molecular weight is 360 g/mol. The summed E-state index contributed by atoms with van der Waals surface area (Å²) in [7, 11) is 0. The predicted molar refractivity (Wildman–Crippen MR) is 90.1 cm³/mol. The highest BCUT2D eigenvalue weighted by Gasteiger charge is 2.47. The van der Waals surface area contributed by atoms with Gasteiger partial charge in [0.1, 0.15) is 11.4 Å². The number of halogens is 2. The molecular formula is C19H15ClFNO3. The number of carbonyl (C=O) groups excluding carboxylic acids is 2. The maximum atomic E-state index is 14.0. The zero-order valence-electron chi connectivity index (χ0n) is 13.3. The molecule has 0 N–H and O–H groups in total. The van der Waals surface area contributed by atoms with Crippen molar-refractivity contribution in [2.75, 3.05) is 13.1 Å². The second-order valence-electron chi connectivity index (χ2n) is 6.32. The number of amides is 1. The van der Waals surface area contributed by atoms with Crippen molar-refractivity contribution in [2.45, 2.75) is 18.4 Å². The minimum absolute atomic E-state index is 0.0999. The number of hydrogen-bond donors (Lipinski definition) is 0. The van der Waals surface area contributed by atoms with Crippen LogP contribution in [0.15, 0.2) is 42.5 Å². The number of carbonyl (C=O) groups is 2. The van der Waals surface area contributed by atoms with Crippen molar-refractivity contribution in [3.8, 4) is 0 Å². The van der Waals surface area contributed by atoms with Crippen LogP contribution in [0.5, 0.6) is 0 Å². The molecule has 1 saturated heterocycles. The zero-order chi connectivity index (χ0) is 17.6. The van der Waals surface area contributed by atoms with Crippen molar-refractivity contribution >= 4 is 23.5 Å². The lowest BCUT2D eigenvalue weighted by Gasteiger charge is -2.38. The number of fused-ring (bicyclic) bond motifs is 2. The van der Waals surface area contributed by atoms with Gasteiger partial charge in [-0.3, -0.25) is 4.79 Å². The lowest BCUT2D eigenvalue weighted by atomic mass is 9.83. The molecule has 2 heterocycles. The first-order valence-corrected chi connectivity index (χ1v) is 8.46. The summed E-state index contributed by atoms with van der Waals surface area (Å²) in [5.41, 5.74) is 0.656.